The first-order valence-electron chi connectivity index (χ1n) is 6.08. The summed E-state index contributed by atoms with van der Waals surface area (Å²) < 4.78 is 0. The monoisotopic (exact) mass is 214 g/mol. The third kappa shape index (κ3) is 4.97. The molecule has 0 saturated heterocycles. The summed E-state index contributed by atoms with van der Waals surface area (Å²) in [7, 11) is 0. The lowest BCUT2D eigenvalue weighted by Gasteiger charge is -2.02. The minimum absolute atomic E-state index is 1.18. The van der Waals surface area contributed by atoms with E-state index in [1.165, 1.54) is 48.8 Å². The van der Waals surface area contributed by atoms with Gasteiger partial charge in [-0.1, -0.05) is 48.9 Å². The van der Waals surface area contributed by atoms with Crippen LogP contribution in [0.15, 0.2) is 43.0 Å². The van der Waals surface area contributed by atoms with E-state index in [-0.39, 0.29) is 0 Å². The Labute approximate surface area is 99.7 Å². The van der Waals surface area contributed by atoms with Gasteiger partial charge in [0.25, 0.3) is 0 Å². The van der Waals surface area contributed by atoms with Crippen molar-refractivity contribution in [2.45, 2.75) is 39.0 Å². The second-order valence-electron chi connectivity index (χ2n) is 4.46. The number of hydrogen-bond donors (Lipinski definition) is 0. The van der Waals surface area contributed by atoms with Gasteiger partial charge in [-0.15, -0.1) is 6.58 Å². The predicted octanol–water partition coefficient (Wildman–Crippen LogP) is 5.01. The number of allylic oxidation sites excluding steroid dienone is 1. The van der Waals surface area contributed by atoms with Crippen molar-refractivity contribution >= 4 is 6.08 Å². The summed E-state index contributed by atoms with van der Waals surface area (Å²) in [6.07, 6.45) is 8.11. The molecule has 0 aliphatic carbocycles. The van der Waals surface area contributed by atoms with Crippen molar-refractivity contribution in [2.24, 2.45) is 0 Å². The first-order chi connectivity index (χ1) is 7.72. The largest absolute Gasteiger partial charge is 0.100 e. The molecule has 0 unspecified atom stereocenters. The summed E-state index contributed by atoms with van der Waals surface area (Å²) in [6, 6.07) is 8.68. The van der Waals surface area contributed by atoms with Crippen molar-refractivity contribution in [2.75, 3.05) is 0 Å². The lowest BCUT2D eigenvalue weighted by Crippen LogP contribution is -1.86. The van der Waals surface area contributed by atoms with E-state index >= 15 is 0 Å². The van der Waals surface area contributed by atoms with E-state index in [1.807, 2.05) is 6.08 Å². The fourth-order valence-corrected chi connectivity index (χ4v) is 1.75. The van der Waals surface area contributed by atoms with E-state index in [1.54, 1.807) is 0 Å². The van der Waals surface area contributed by atoms with Gasteiger partial charge in [0, 0.05) is 0 Å². The lowest BCUT2D eigenvalue weighted by molar-refractivity contribution is 0.676. The zero-order chi connectivity index (χ0) is 11.8. The molecule has 86 valence electrons. The fraction of sp³-hybridized carbons (Fsp3) is 0.375. The molecule has 16 heavy (non-hydrogen) atoms. The van der Waals surface area contributed by atoms with E-state index < -0.39 is 0 Å². The van der Waals surface area contributed by atoms with Gasteiger partial charge in [0.1, 0.15) is 0 Å². The molecule has 0 radical (unpaired) electrons. The summed E-state index contributed by atoms with van der Waals surface area (Å²) >= 11 is 0. The highest BCUT2D eigenvalue weighted by Gasteiger charge is 1.94. The zero-order valence-electron chi connectivity index (χ0n) is 10.3. The molecular formula is C16H22. The van der Waals surface area contributed by atoms with Gasteiger partial charge < -0.3 is 0 Å². The van der Waals surface area contributed by atoms with Crippen LogP contribution in [0.3, 0.4) is 0 Å². The van der Waals surface area contributed by atoms with Crippen LogP contribution in [0.1, 0.15) is 43.7 Å². The summed E-state index contributed by atoms with van der Waals surface area (Å²) in [6.45, 7) is 9.78. The Morgan fingerprint density at radius 1 is 1.12 bits per heavy atom. The summed E-state index contributed by atoms with van der Waals surface area (Å²) in [5.74, 6) is 0. The smallest absolute Gasteiger partial charge is 0.0262 e. The third-order valence-electron chi connectivity index (χ3n) is 2.78. The first-order valence-corrected chi connectivity index (χ1v) is 6.08. The molecule has 0 saturated carbocycles. The maximum atomic E-state index is 3.92. The Kier molecular flexibility index (Phi) is 5.63. The standard InChI is InChI=1S/C16H22/c1-4-15-10-12-16(13-11-15)9-7-5-6-8-14(2)3/h4,10-13H,1-2,5-9H2,3H3. The minimum Gasteiger partial charge on any atom is -0.100 e. The van der Waals surface area contributed by atoms with Crippen LogP contribution in [0.2, 0.25) is 0 Å². The molecular weight excluding hydrogens is 192 g/mol. The average Bonchev–Trinajstić information content (AvgIpc) is 2.29. The second kappa shape index (κ2) is 7.05. The summed E-state index contributed by atoms with van der Waals surface area (Å²) in [4.78, 5) is 0. The van der Waals surface area contributed by atoms with E-state index in [0.29, 0.717) is 0 Å². The molecule has 1 aromatic carbocycles. The van der Waals surface area contributed by atoms with Gasteiger partial charge in [0.2, 0.25) is 0 Å². The molecule has 1 rings (SSSR count). The van der Waals surface area contributed by atoms with E-state index in [4.69, 9.17) is 0 Å². The fourth-order valence-electron chi connectivity index (χ4n) is 1.75. The van der Waals surface area contributed by atoms with Gasteiger partial charge in [-0.05, 0) is 43.7 Å². The van der Waals surface area contributed by atoms with Crippen LogP contribution in [-0.4, -0.2) is 0 Å². The Morgan fingerprint density at radius 2 is 1.81 bits per heavy atom. The highest BCUT2D eigenvalue weighted by Crippen LogP contribution is 2.11. The highest BCUT2D eigenvalue weighted by molar-refractivity contribution is 5.47. The van der Waals surface area contributed by atoms with E-state index in [0.717, 1.165) is 0 Å². The molecule has 0 aliphatic rings. The van der Waals surface area contributed by atoms with Crippen LogP contribution in [0.4, 0.5) is 0 Å². The van der Waals surface area contributed by atoms with Crippen molar-refractivity contribution in [1.82, 2.24) is 0 Å². The van der Waals surface area contributed by atoms with Crippen molar-refractivity contribution in [3.63, 3.8) is 0 Å². The Morgan fingerprint density at radius 3 is 2.38 bits per heavy atom. The topological polar surface area (TPSA) is 0 Å². The highest BCUT2D eigenvalue weighted by atomic mass is 14.0. The SMILES string of the molecule is C=Cc1ccc(CCCCCC(=C)C)cc1. The molecule has 0 aliphatic heterocycles. The maximum Gasteiger partial charge on any atom is -0.0262 e. The van der Waals surface area contributed by atoms with Gasteiger partial charge >= 0.3 is 0 Å². The Hall–Kier alpha value is -1.30. The molecule has 0 bridgehead atoms. The van der Waals surface area contributed by atoms with Gasteiger partial charge in [-0.25, -0.2) is 0 Å². The normalized spacial score (nSPS) is 10.1. The average molecular weight is 214 g/mol. The molecule has 0 fully saturated rings. The third-order valence-corrected chi connectivity index (χ3v) is 2.78. The Bertz CT molecular complexity index is 330. The number of aryl methyl sites for hydroxylation is 1. The predicted molar refractivity (Wildman–Crippen MR) is 73.5 cm³/mol. The van der Waals surface area contributed by atoms with Crippen molar-refractivity contribution in [1.29, 1.82) is 0 Å². The van der Waals surface area contributed by atoms with Crippen LogP contribution in [0, 0.1) is 0 Å². The molecule has 0 spiro atoms. The summed E-state index contributed by atoms with van der Waals surface area (Å²) in [5.41, 5.74) is 3.93. The molecule has 0 aromatic heterocycles. The molecule has 0 atom stereocenters. The zero-order valence-corrected chi connectivity index (χ0v) is 10.3. The molecule has 0 nitrogen and oxygen atoms in total. The number of benzene rings is 1. The number of rotatable bonds is 7. The van der Waals surface area contributed by atoms with E-state index in [2.05, 4.69) is 44.3 Å². The van der Waals surface area contributed by atoms with Gasteiger partial charge in [-0.2, -0.15) is 0 Å². The number of unbranched alkanes of at least 4 members (excludes halogenated alkanes) is 2. The quantitative estimate of drug-likeness (QED) is 0.442. The van der Waals surface area contributed by atoms with E-state index in [9.17, 15) is 0 Å². The first kappa shape index (κ1) is 12.8. The van der Waals surface area contributed by atoms with Gasteiger partial charge in [0.05, 0.1) is 0 Å². The number of hydrogen-bond acceptors (Lipinski definition) is 0. The van der Waals surface area contributed by atoms with Crippen molar-refractivity contribution in [3.05, 3.63) is 54.1 Å². The van der Waals surface area contributed by atoms with Crippen LogP contribution >= 0.6 is 0 Å². The molecule has 0 N–H and O–H groups in total. The van der Waals surface area contributed by atoms with Crippen molar-refractivity contribution in [3.8, 4) is 0 Å². The van der Waals surface area contributed by atoms with Crippen LogP contribution in [0.25, 0.3) is 6.08 Å². The Balaban J connectivity index is 2.21. The second-order valence-corrected chi connectivity index (χ2v) is 4.46. The molecule has 0 amide bonds. The molecule has 0 heterocycles. The molecule has 1 aromatic rings. The summed E-state index contributed by atoms with van der Waals surface area (Å²) in [5, 5.41) is 0. The van der Waals surface area contributed by atoms with Gasteiger partial charge in [-0.3, -0.25) is 0 Å². The molecule has 0 heteroatoms. The van der Waals surface area contributed by atoms with Crippen LogP contribution < -0.4 is 0 Å². The lowest BCUT2D eigenvalue weighted by atomic mass is 10.0. The van der Waals surface area contributed by atoms with Crippen LogP contribution in [-0.2, 0) is 6.42 Å². The van der Waals surface area contributed by atoms with Gasteiger partial charge in [0.15, 0.2) is 0 Å². The van der Waals surface area contributed by atoms with Crippen LogP contribution in [0.5, 0.6) is 0 Å². The maximum absolute atomic E-state index is 3.92. The minimum atomic E-state index is 1.18. The van der Waals surface area contributed by atoms with Crippen molar-refractivity contribution < 1.29 is 0 Å².